The SMILES string of the molecule is C=C=C(C)O/N=C(/C)c1cc(OCc2cccs2)cc(N(c2ccc(C(C)=N)cc2)c2cccc3ccccc23)c1.CC(C)=O. The highest BCUT2D eigenvalue weighted by molar-refractivity contribution is 7.09. The molecule has 1 aromatic heterocycles. The Morgan fingerprint density at radius 3 is 2.24 bits per heavy atom. The molecule has 0 aliphatic rings. The van der Waals surface area contributed by atoms with Gasteiger partial charge in [-0.25, -0.2) is 0 Å². The highest BCUT2D eigenvalue weighted by Gasteiger charge is 2.18. The second-order valence-electron chi connectivity index (χ2n) is 10.5. The fourth-order valence-electron chi connectivity index (χ4n) is 4.47. The Labute approximate surface area is 269 Å². The van der Waals surface area contributed by atoms with E-state index < -0.39 is 0 Å². The fraction of sp³-hybridized carbons (Fsp3) is 0.158. The molecule has 0 saturated carbocycles. The number of rotatable bonds is 10. The van der Waals surface area contributed by atoms with Crippen molar-refractivity contribution in [3.63, 3.8) is 0 Å². The summed E-state index contributed by atoms with van der Waals surface area (Å²) >= 11 is 1.66. The van der Waals surface area contributed by atoms with Gasteiger partial charge in [-0.2, -0.15) is 0 Å². The maximum absolute atomic E-state index is 9.44. The Kier molecular flexibility index (Phi) is 11.2. The Hall–Kier alpha value is -5.23. The van der Waals surface area contributed by atoms with Crippen molar-refractivity contribution in [3.8, 4) is 5.75 Å². The van der Waals surface area contributed by atoms with Gasteiger partial charge in [0, 0.05) is 40.2 Å². The first kappa shape index (κ1) is 32.7. The maximum atomic E-state index is 9.44. The van der Waals surface area contributed by atoms with Crippen LogP contribution in [0.4, 0.5) is 17.1 Å². The molecule has 0 amide bonds. The van der Waals surface area contributed by atoms with Gasteiger partial charge in [0.25, 0.3) is 0 Å². The fourth-order valence-corrected chi connectivity index (χ4v) is 5.08. The van der Waals surface area contributed by atoms with Crippen molar-refractivity contribution in [1.82, 2.24) is 0 Å². The van der Waals surface area contributed by atoms with Gasteiger partial charge in [-0.3, -0.25) is 0 Å². The lowest BCUT2D eigenvalue weighted by atomic mass is 10.0. The molecule has 6 nitrogen and oxygen atoms in total. The molecule has 0 bridgehead atoms. The molecule has 0 saturated heterocycles. The van der Waals surface area contributed by atoms with Crippen LogP contribution in [0.2, 0.25) is 0 Å². The van der Waals surface area contributed by atoms with Crippen LogP contribution in [0.1, 0.15) is 50.6 Å². The average Bonchev–Trinajstić information content (AvgIpc) is 3.56. The Bertz CT molecular complexity index is 1860. The van der Waals surface area contributed by atoms with Crippen molar-refractivity contribution in [2.24, 2.45) is 5.16 Å². The molecular formula is C38H37N3O3S. The molecule has 1 N–H and O–H groups in total. The van der Waals surface area contributed by atoms with Crippen molar-refractivity contribution in [1.29, 1.82) is 5.41 Å². The molecule has 7 heteroatoms. The maximum Gasteiger partial charge on any atom is 0.173 e. The monoisotopic (exact) mass is 615 g/mol. The number of nitrogens with zero attached hydrogens (tertiary/aromatic N) is 2. The molecule has 0 aliphatic heterocycles. The average molecular weight is 616 g/mol. The molecule has 0 unspecified atom stereocenters. The highest BCUT2D eigenvalue weighted by Crippen LogP contribution is 2.40. The lowest BCUT2D eigenvalue weighted by molar-refractivity contribution is -0.115. The summed E-state index contributed by atoms with van der Waals surface area (Å²) in [6, 6.07) is 33.0. The summed E-state index contributed by atoms with van der Waals surface area (Å²) in [6.07, 6.45) is 0. The molecule has 1 heterocycles. The van der Waals surface area contributed by atoms with E-state index in [1.165, 1.54) is 13.8 Å². The van der Waals surface area contributed by atoms with E-state index in [0.29, 0.717) is 29.5 Å². The third kappa shape index (κ3) is 8.89. The van der Waals surface area contributed by atoms with E-state index in [9.17, 15) is 4.79 Å². The quantitative estimate of drug-likeness (QED) is 0.0734. The Morgan fingerprint density at radius 2 is 1.58 bits per heavy atom. The Morgan fingerprint density at radius 1 is 0.867 bits per heavy atom. The molecule has 0 aliphatic carbocycles. The number of carbonyl (C=O) groups excluding carboxylic acids is 1. The minimum atomic E-state index is 0.167. The van der Waals surface area contributed by atoms with Gasteiger partial charge in [-0.15, -0.1) is 11.3 Å². The van der Waals surface area contributed by atoms with E-state index in [1.807, 2.05) is 36.6 Å². The number of ketones is 1. The summed E-state index contributed by atoms with van der Waals surface area (Å²) in [4.78, 5) is 18.3. The van der Waals surface area contributed by atoms with Crippen LogP contribution < -0.4 is 9.64 Å². The standard InChI is InChI=1S/C35H31N3O2S.C3H6O/c1-5-24(2)40-37-26(4)29-20-31(22-32(21-29)39-23-33-12-9-19-41-33)38(30-17-15-27(16-18-30)25(3)36)35-14-8-11-28-10-6-7-13-34(28)35;1-3(2)4/h6-22,36H,1,23H2,2-4H3;1-2H3/b36-25?,37-26-;. The number of oxime groups is 1. The van der Waals surface area contributed by atoms with Crippen molar-refractivity contribution in [2.75, 3.05) is 4.90 Å². The van der Waals surface area contributed by atoms with Crippen LogP contribution in [0.25, 0.3) is 10.8 Å². The summed E-state index contributed by atoms with van der Waals surface area (Å²) < 4.78 is 6.32. The number of ether oxygens (including phenoxy) is 1. The summed E-state index contributed by atoms with van der Waals surface area (Å²) in [5.41, 5.74) is 8.56. The molecular weight excluding hydrogens is 579 g/mol. The summed E-state index contributed by atoms with van der Waals surface area (Å²) in [7, 11) is 0. The minimum absolute atomic E-state index is 0.167. The lowest BCUT2D eigenvalue weighted by Gasteiger charge is -2.28. The minimum Gasteiger partial charge on any atom is -0.488 e. The number of hydrogen-bond acceptors (Lipinski definition) is 7. The van der Waals surface area contributed by atoms with Gasteiger partial charge in [0.15, 0.2) is 5.76 Å². The molecule has 45 heavy (non-hydrogen) atoms. The van der Waals surface area contributed by atoms with E-state index in [0.717, 1.165) is 43.8 Å². The highest BCUT2D eigenvalue weighted by atomic mass is 32.1. The van der Waals surface area contributed by atoms with Crippen LogP contribution in [-0.4, -0.2) is 17.2 Å². The van der Waals surface area contributed by atoms with Gasteiger partial charge in [0.1, 0.15) is 18.1 Å². The smallest absolute Gasteiger partial charge is 0.173 e. The van der Waals surface area contributed by atoms with Crippen molar-refractivity contribution in [3.05, 3.63) is 137 Å². The van der Waals surface area contributed by atoms with E-state index in [-0.39, 0.29) is 5.78 Å². The first-order valence-corrected chi connectivity index (χ1v) is 15.3. The molecule has 4 aromatic carbocycles. The van der Waals surface area contributed by atoms with Crippen molar-refractivity contribution < 1.29 is 14.4 Å². The second kappa shape index (κ2) is 15.5. The number of allylic oxidation sites excluding steroid dienone is 1. The zero-order chi connectivity index (χ0) is 32.3. The molecule has 5 aromatic rings. The van der Waals surface area contributed by atoms with Crippen LogP contribution in [0.3, 0.4) is 0 Å². The summed E-state index contributed by atoms with van der Waals surface area (Å²) in [5, 5.41) is 16.7. The number of anilines is 3. The van der Waals surface area contributed by atoms with Crippen LogP contribution in [0.15, 0.2) is 126 Å². The topological polar surface area (TPSA) is 75.0 Å². The first-order valence-electron chi connectivity index (χ1n) is 14.5. The van der Waals surface area contributed by atoms with Crippen LogP contribution >= 0.6 is 11.3 Å². The number of fused-ring (bicyclic) bond motifs is 1. The van der Waals surface area contributed by atoms with Crippen LogP contribution in [0.5, 0.6) is 5.75 Å². The zero-order valence-corrected chi connectivity index (χ0v) is 27.1. The van der Waals surface area contributed by atoms with Gasteiger partial charge < -0.3 is 24.7 Å². The number of Topliss-reactive ketones (excluding diaryl/α,β-unsaturated/α-hetero) is 1. The van der Waals surface area contributed by atoms with Crippen LogP contribution in [0, 0.1) is 5.41 Å². The number of nitrogens with one attached hydrogen (secondary N) is 1. The normalized spacial score (nSPS) is 10.7. The predicted octanol–water partition coefficient (Wildman–Crippen LogP) is 10.4. The molecule has 0 radical (unpaired) electrons. The van der Waals surface area contributed by atoms with Gasteiger partial charge in [0.2, 0.25) is 0 Å². The molecule has 5 rings (SSSR count). The number of benzene rings is 4. The van der Waals surface area contributed by atoms with E-state index >= 15 is 0 Å². The molecule has 228 valence electrons. The number of thiophene rings is 1. The van der Waals surface area contributed by atoms with E-state index in [4.69, 9.17) is 15.0 Å². The third-order valence-corrected chi connectivity index (χ3v) is 7.51. The second-order valence-corrected chi connectivity index (χ2v) is 11.5. The van der Waals surface area contributed by atoms with Gasteiger partial charge >= 0.3 is 0 Å². The van der Waals surface area contributed by atoms with Gasteiger partial charge in [-0.1, -0.05) is 72.1 Å². The third-order valence-electron chi connectivity index (χ3n) is 6.66. The van der Waals surface area contributed by atoms with Gasteiger partial charge in [0.05, 0.1) is 17.1 Å². The van der Waals surface area contributed by atoms with Gasteiger partial charge in [-0.05, 0) is 80.4 Å². The summed E-state index contributed by atoms with van der Waals surface area (Å²) in [6.45, 7) is 12.6. The van der Waals surface area contributed by atoms with Crippen LogP contribution in [-0.2, 0) is 16.2 Å². The largest absolute Gasteiger partial charge is 0.488 e. The lowest BCUT2D eigenvalue weighted by Crippen LogP contribution is -2.12. The van der Waals surface area contributed by atoms with Crippen molar-refractivity contribution >= 4 is 56.4 Å². The van der Waals surface area contributed by atoms with Crippen molar-refractivity contribution in [2.45, 2.75) is 41.2 Å². The molecule has 0 spiro atoms. The van der Waals surface area contributed by atoms with E-state index in [2.05, 4.69) is 95.2 Å². The molecule has 0 atom stereocenters. The Balaban J connectivity index is 0.00000109. The molecule has 0 fully saturated rings. The zero-order valence-electron chi connectivity index (χ0n) is 26.3. The first-order chi connectivity index (χ1) is 21.7. The number of hydrogen-bond donors (Lipinski definition) is 1. The number of carbonyl (C=O) groups is 1. The summed E-state index contributed by atoms with van der Waals surface area (Å²) in [5.74, 6) is 1.38. The van der Waals surface area contributed by atoms with E-state index in [1.54, 1.807) is 25.2 Å². The predicted molar refractivity (Wildman–Crippen MR) is 188 cm³/mol.